The average molecular weight is 153 g/mol. The lowest BCUT2D eigenvalue weighted by Crippen LogP contribution is -2.47. The third-order valence-electron chi connectivity index (χ3n) is 2.47. The van der Waals surface area contributed by atoms with Crippen LogP contribution < -0.4 is 0 Å². The molecule has 0 N–H and O–H groups in total. The first-order chi connectivity index (χ1) is 5.24. The summed E-state index contributed by atoms with van der Waals surface area (Å²) in [6, 6.07) is 0.880. The predicted octanol–water partition coefficient (Wildman–Crippen LogP) is 2.44. The number of allylic oxidation sites excluding steroid dienone is 1. The fourth-order valence-electron chi connectivity index (χ4n) is 1.50. The van der Waals surface area contributed by atoms with Crippen LogP contribution in [-0.2, 0) is 0 Å². The molecular weight excluding hydrogens is 134 g/mol. The molecule has 0 aromatic carbocycles. The molecule has 1 atom stereocenters. The van der Waals surface area contributed by atoms with E-state index in [1.807, 2.05) is 0 Å². The van der Waals surface area contributed by atoms with E-state index < -0.39 is 0 Å². The Morgan fingerprint density at radius 2 is 2.27 bits per heavy atom. The van der Waals surface area contributed by atoms with E-state index in [0.29, 0.717) is 0 Å². The SMILES string of the molecule is CCC1CCN1CC=C(C)C. The van der Waals surface area contributed by atoms with Gasteiger partial charge in [-0.3, -0.25) is 4.90 Å². The van der Waals surface area contributed by atoms with Gasteiger partial charge in [0.15, 0.2) is 0 Å². The van der Waals surface area contributed by atoms with Crippen molar-refractivity contribution in [1.82, 2.24) is 4.90 Å². The number of likely N-dealkylation sites (tertiary alicyclic amines) is 1. The van der Waals surface area contributed by atoms with Gasteiger partial charge in [0, 0.05) is 19.1 Å². The zero-order valence-corrected chi connectivity index (χ0v) is 7.93. The van der Waals surface area contributed by atoms with Crippen LogP contribution in [0.15, 0.2) is 11.6 Å². The van der Waals surface area contributed by atoms with Crippen molar-refractivity contribution in [2.24, 2.45) is 0 Å². The summed E-state index contributed by atoms with van der Waals surface area (Å²) in [5.74, 6) is 0. The van der Waals surface area contributed by atoms with Crippen LogP contribution in [0.2, 0.25) is 0 Å². The number of nitrogens with zero attached hydrogens (tertiary/aromatic N) is 1. The maximum Gasteiger partial charge on any atom is 0.0168 e. The Morgan fingerprint density at radius 1 is 1.55 bits per heavy atom. The van der Waals surface area contributed by atoms with Crippen molar-refractivity contribution in [2.75, 3.05) is 13.1 Å². The third-order valence-corrected chi connectivity index (χ3v) is 2.47. The Kier molecular flexibility index (Phi) is 3.13. The molecule has 1 heterocycles. The molecule has 1 saturated heterocycles. The van der Waals surface area contributed by atoms with Crippen LogP contribution in [-0.4, -0.2) is 24.0 Å². The van der Waals surface area contributed by atoms with E-state index in [4.69, 9.17) is 0 Å². The van der Waals surface area contributed by atoms with Crippen LogP contribution in [0, 0.1) is 0 Å². The number of hydrogen-bond donors (Lipinski definition) is 0. The van der Waals surface area contributed by atoms with E-state index >= 15 is 0 Å². The van der Waals surface area contributed by atoms with Crippen LogP contribution in [0.25, 0.3) is 0 Å². The monoisotopic (exact) mass is 153 g/mol. The normalized spacial score (nSPS) is 24.5. The Labute approximate surface area is 70.1 Å². The minimum Gasteiger partial charge on any atom is -0.297 e. The van der Waals surface area contributed by atoms with Crippen LogP contribution >= 0.6 is 0 Å². The molecule has 0 radical (unpaired) electrons. The van der Waals surface area contributed by atoms with Crippen LogP contribution in [0.4, 0.5) is 0 Å². The van der Waals surface area contributed by atoms with E-state index in [1.165, 1.54) is 31.5 Å². The highest BCUT2D eigenvalue weighted by Crippen LogP contribution is 2.19. The molecule has 0 amide bonds. The van der Waals surface area contributed by atoms with Crippen molar-refractivity contribution in [3.8, 4) is 0 Å². The van der Waals surface area contributed by atoms with Gasteiger partial charge in [-0.05, 0) is 26.7 Å². The van der Waals surface area contributed by atoms with Gasteiger partial charge in [0.25, 0.3) is 0 Å². The maximum atomic E-state index is 2.55. The van der Waals surface area contributed by atoms with Crippen molar-refractivity contribution in [2.45, 2.75) is 39.7 Å². The second-order valence-electron chi connectivity index (χ2n) is 3.63. The Morgan fingerprint density at radius 3 is 2.64 bits per heavy atom. The van der Waals surface area contributed by atoms with E-state index in [0.717, 1.165) is 6.04 Å². The van der Waals surface area contributed by atoms with Crippen molar-refractivity contribution in [3.63, 3.8) is 0 Å². The van der Waals surface area contributed by atoms with Crippen LogP contribution in [0.3, 0.4) is 0 Å². The molecule has 1 nitrogen and oxygen atoms in total. The average Bonchev–Trinajstić information content (AvgIpc) is 1.86. The molecule has 0 bridgehead atoms. The molecule has 11 heavy (non-hydrogen) atoms. The minimum atomic E-state index is 0.880. The molecule has 0 aromatic rings. The lowest BCUT2D eigenvalue weighted by molar-refractivity contribution is 0.103. The molecule has 1 aliphatic rings. The number of rotatable bonds is 3. The summed E-state index contributed by atoms with van der Waals surface area (Å²) < 4.78 is 0. The molecular formula is C10H19N. The first-order valence-corrected chi connectivity index (χ1v) is 4.61. The van der Waals surface area contributed by atoms with E-state index in [9.17, 15) is 0 Å². The van der Waals surface area contributed by atoms with Crippen molar-refractivity contribution in [1.29, 1.82) is 0 Å². The molecule has 1 aliphatic heterocycles. The zero-order valence-electron chi connectivity index (χ0n) is 7.93. The molecule has 0 saturated carbocycles. The summed E-state index contributed by atoms with van der Waals surface area (Å²) in [5, 5.41) is 0. The van der Waals surface area contributed by atoms with Gasteiger partial charge in [-0.1, -0.05) is 18.6 Å². The highest BCUT2D eigenvalue weighted by molar-refractivity contribution is 4.97. The quantitative estimate of drug-likeness (QED) is 0.563. The molecule has 1 rings (SSSR count). The summed E-state index contributed by atoms with van der Waals surface area (Å²) in [4.78, 5) is 2.55. The predicted molar refractivity (Wildman–Crippen MR) is 49.7 cm³/mol. The second kappa shape index (κ2) is 3.91. The highest BCUT2D eigenvalue weighted by atomic mass is 15.2. The molecule has 1 heteroatoms. The van der Waals surface area contributed by atoms with Gasteiger partial charge in [0.1, 0.15) is 0 Å². The van der Waals surface area contributed by atoms with Gasteiger partial charge in [0.05, 0.1) is 0 Å². The zero-order chi connectivity index (χ0) is 8.27. The Balaban J connectivity index is 2.22. The molecule has 1 unspecified atom stereocenters. The second-order valence-corrected chi connectivity index (χ2v) is 3.63. The van der Waals surface area contributed by atoms with E-state index in [-0.39, 0.29) is 0 Å². The lowest BCUT2D eigenvalue weighted by atomic mass is 10.0. The van der Waals surface area contributed by atoms with E-state index in [1.54, 1.807) is 0 Å². The molecule has 64 valence electrons. The topological polar surface area (TPSA) is 3.24 Å². The minimum absolute atomic E-state index is 0.880. The third kappa shape index (κ3) is 2.33. The summed E-state index contributed by atoms with van der Waals surface area (Å²) in [6.07, 6.45) is 5.05. The Bertz CT molecular complexity index is 143. The fraction of sp³-hybridized carbons (Fsp3) is 0.800. The first-order valence-electron chi connectivity index (χ1n) is 4.61. The summed E-state index contributed by atoms with van der Waals surface area (Å²) in [6.45, 7) is 9.09. The summed E-state index contributed by atoms with van der Waals surface area (Å²) >= 11 is 0. The molecule has 0 aliphatic carbocycles. The van der Waals surface area contributed by atoms with Crippen molar-refractivity contribution >= 4 is 0 Å². The van der Waals surface area contributed by atoms with Crippen molar-refractivity contribution in [3.05, 3.63) is 11.6 Å². The molecule has 1 fully saturated rings. The van der Waals surface area contributed by atoms with Crippen LogP contribution in [0.5, 0.6) is 0 Å². The number of hydrogen-bond acceptors (Lipinski definition) is 1. The van der Waals surface area contributed by atoms with Gasteiger partial charge in [-0.15, -0.1) is 0 Å². The molecule has 0 aromatic heterocycles. The van der Waals surface area contributed by atoms with Gasteiger partial charge in [-0.25, -0.2) is 0 Å². The summed E-state index contributed by atoms with van der Waals surface area (Å²) in [7, 11) is 0. The van der Waals surface area contributed by atoms with Crippen LogP contribution in [0.1, 0.15) is 33.6 Å². The fourth-order valence-corrected chi connectivity index (χ4v) is 1.50. The van der Waals surface area contributed by atoms with Gasteiger partial charge >= 0.3 is 0 Å². The van der Waals surface area contributed by atoms with Gasteiger partial charge in [0.2, 0.25) is 0 Å². The largest absolute Gasteiger partial charge is 0.297 e. The maximum absolute atomic E-state index is 2.55. The Hall–Kier alpha value is -0.300. The summed E-state index contributed by atoms with van der Waals surface area (Å²) in [5.41, 5.74) is 1.44. The smallest absolute Gasteiger partial charge is 0.0168 e. The highest BCUT2D eigenvalue weighted by Gasteiger charge is 2.24. The van der Waals surface area contributed by atoms with E-state index in [2.05, 4.69) is 31.7 Å². The first kappa shape index (κ1) is 8.79. The van der Waals surface area contributed by atoms with Gasteiger partial charge < -0.3 is 0 Å². The van der Waals surface area contributed by atoms with Gasteiger partial charge in [-0.2, -0.15) is 0 Å². The molecule has 0 spiro atoms. The lowest BCUT2D eigenvalue weighted by Gasteiger charge is -2.40. The standard InChI is InChI=1S/C10H19N/c1-4-10-6-8-11(10)7-5-9(2)3/h5,10H,4,6-8H2,1-3H3. The van der Waals surface area contributed by atoms with Crippen molar-refractivity contribution < 1.29 is 0 Å².